The lowest BCUT2D eigenvalue weighted by molar-refractivity contribution is -0.148. The number of carbonyl (C=O) groups is 3. The van der Waals surface area contributed by atoms with Crippen molar-refractivity contribution in [2.45, 2.75) is 56.5 Å². The van der Waals surface area contributed by atoms with Crippen LogP contribution in [0, 0.1) is 0 Å². The number of benzene rings is 1. The molecule has 180 valence electrons. The molecule has 0 bridgehead atoms. The van der Waals surface area contributed by atoms with E-state index in [2.05, 4.69) is 10.2 Å². The Kier molecular flexibility index (Phi) is 7.56. The Bertz CT molecular complexity index is 879. The van der Waals surface area contributed by atoms with Crippen molar-refractivity contribution in [3.8, 4) is 0 Å². The molecule has 1 aromatic carbocycles. The first-order valence-corrected chi connectivity index (χ1v) is 12.3. The second-order valence-corrected chi connectivity index (χ2v) is 9.66. The molecule has 0 unspecified atom stereocenters. The molecular weight excluding hydrogens is 444 g/mol. The van der Waals surface area contributed by atoms with E-state index in [1.807, 2.05) is 23.1 Å². The highest BCUT2D eigenvalue weighted by Gasteiger charge is 2.50. The second-order valence-electron chi connectivity index (χ2n) is 9.26. The third-order valence-electron chi connectivity index (χ3n) is 7.19. The van der Waals surface area contributed by atoms with Gasteiger partial charge in [0.15, 0.2) is 0 Å². The number of urea groups is 1. The number of hydrogen-bond donors (Lipinski definition) is 1. The van der Waals surface area contributed by atoms with E-state index in [1.165, 1.54) is 18.4 Å². The number of piperazine rings is 1. The molecule has 2 aliphatic heterocycles. The lowest BCUT2D eigenvalue weighted by Crippen LogP contribution is -2.53. The molecular formula is C24H33ClN4O4. The number of nitrogens with zero attached hydrogens (tertiary/aromatic N) is 3. The molecule has 1 saturated carbocycles. The van der Waals surface area contributed by atoms with Crippen molar-refractivity contribution in [1.29, 1.82) is 0 Å². The Morgan fingerprint density at radius 1 is 1.06 bits per heavy atom. The lowest BCUT2D eigenvalue weighted by atomic mass is 9.84. The van der Waals surface area contributed by atoms with Gasteiger partial charge in [0.1, 0.15) is 11.6 Å². The molecule has 8 nitrogen and oxygen atoms in total. The lowest BCUT2D eigenvalue weighted by Gasteiger charge is -2.39. The van der Waals surface area contributed by atoms with E-state index in [0.29, 0.717) is 31.2 Å². The molecule has 1 N–H and O–H groups in total. The van der Waals surface area contributed by atoms with Crippen molar-refractivity contribution in [3.05, 3.63) is 34.9 Å². The highest BCUT2D eigenvalue weighted by atomic mass is 35.5. The van der Waals surface area contributed by atoms with Crippen LogP contribution in [-0.4, -0.2) is 78.1 Å². The van der Waals surface area contributed by atoms with E-state index < -0.39 is 11.6 Å². The van der Waals surface area contributed by atoms with Gasteiger partial charge >= 0.3 is 12.0 Å². The number of amides is 3. The summed E-state index contributed by atoms with van der Waals surface area (Å²) < 4.78 is 5.06. The minimum atomic E-state index is -0.723. The number of hydrogen-bond acceptors (Lipinski definition) is 6. The van der Waals surface area contributed by atoms with Crippen LogP contribution in [0.3, 0.4) is 0 Å². The third-order valence-corrected chi connectivity index (χ3v) is 7.53. The fourth-order valence-electron chi connectivity index (χ4n) is 5.30. The monoisotopic (exact) mass is 476 g/mol. The Hall–Kier alpha value is -2.16. The van der Waals surface area contributed by atoms with E-state index in [1.54, 1.807) is 6.07 Å². The number of halogens is 1. The summed E-state index contributed by atoms with van der Waals surface area (Å²) in [6.07, 6.45) is 6.80. The smallest absolute Gasteiger partial charge is 0.327 e. The molecule has 4 rings (SSSR count). The molecule has 3 amide bonds. The zero-order valence-corrected chi connectivity index (χ0v) is 20.0. The highest BCUT2D eigenvalue weighted by molar-refractivity contribution is 6.31. The maximum atomic E-state index is 13.3. The summed E-state index contributed by atoms with van der Waals surface area (Å²) in [7, 11) is 1.38. The standard InChI is InChI=1S/C24H33ClN4O4/c1-33-21(30)20(18-9-5-6-10-19(18)25)28-15-13-27(14-16-28)17-29-22(31)24(26-23(29)32)11-7-3-2-4-8-12-24/h5-6,9-10,20H,2-4,7-8,11-17H2,1H3,(H,26,32)/t20-/m0/s1. The summed E-state index contributed by atoms with van der Waals surface area (Å²) in [5.74, 6) is -0.433. The molecule has 3 aliphatic rings. The topological polar surface area (TPSA) is 82.2 Å². The van der Waals surface area contributed by atoms with Crippen LogP contribution in [0.25, 0.3) is 0 Å². The first-order valence-electron chi connectivity index (χ1n) is 11.9. The number of nitrogens with one attached hydrogen (secondary N) is 1. The van der Waals surface area contributed by atoms with Gasteiger partial charge in [0.05, 0.1) is 13.8 Å². The van der Waals surface area contributed by atoms with Gasteiger partial charge in [-0.3, -0.25) is 14.6 Å². The summed E-state index contributed by atoms with van der Waals surface area (Å²) in [5.41, 5.74) is -0.000827. The van der Waals surface area contributed by atoms with E-state index >= 15 is 0 Å². The van der Waals surface area contributed by atoms with Gasteiger partial charge in [0, 0.05) is 31.2 Å². The van der Waals surface area contributed by atoms with Crippen molar-refractivity contribution >= 4 is 29.5 Å². The number of ether oxygens (including phenoxy) is 1. The average molecular weight is 477 g/mol. The molecule has 1 spiro atoms. The molecule has 2 heterocycles. The van der Waals surface area contributed by atoms with Gasteiger partial charge in [-0.25, -0.2) is 14.5 Å². The molecule has 0 radical (unpaired) electrons. The van der Waals surface area contributed by atoms with Gasteiger partial charge in [-0.1, -0.05) is 61.9 Å². The number of imide groups is 1. The molecule has 1 aliphatic carbocycles. The van der Waals surface area contributed by atoms with Crippen LogP contribution in [0.1, 0.15) is 56.6 Å². The third kappa shape index (κ3) is 5.03. The Morgan fingerprint density at radius 3 is 2.33 bits per heavy atom. The van der Waals surface area contributed by atoms with Gasteiger partial charge in [-0.05, 0) is 24.5 Å². The molecule has 1 aromatic rings. The number of esters is 1. The summed E-state index contributed by atoms with van der Waals surface area (Å²) >= 11 is 6.37. The van der Waals surface area contributed by atoms with Crippen LogP contribution in [0.5, 0.6) is 0 Å². The fourth-order valence-corrected chi connectivity index (χ4v) is 5.54. The molecule has 33 heavy (non-hydrogen) atoms. The predicted molar refractivity (Wildman–Crippen MR) is 125 cm³/mol. The van der Waals surface area contributed by atoms with Crippen LogP contribution in [0.15, 0.2) is 24.3 Å². The Morgan fingerprint density at radius 2 is 1.70 bits per heavy atom. The SMILES string of the molecule is COC(=O)[C@H](c1ccccc1Cl)N1CCN(CN2C(=O)NC3(CCCCCCC3)C2=O)CC1. The molecule has 1 atom stereocenters. The average Bonchev–Trinajstić information content (AvgIpc) is 3.03. The van der Waals surface area contributed by atoms with Gasteiger partial charge in [0.25, 0.3) is 5.91 Å². The highest BCUT2D eigenvalue weighted by Crippen LogP contribution is 2.33. The molecule has 0 aromatic heterocycles. The normalized spacial score (nSPS) is 23.2. The number of carbonyl (C=O) groups excluding carboxylic acids is 3. The minimum absolute atomic E-state index is 0.0830. The van der Waals surface area contributed by atoms with Crippen LogP contribution < -0.4 is 5.32 Å². The van der Waals surface area contributed by atoms with Crippen LogP contribution in [0.4, 0.5) is 4.79 Å². The number of rotatable bonds is 5. The second kappa shape index (κ2) is 10.4. The Labute approximate surface area is 200 Å². The quantitative estimate of drug-likeness (QED) is 0.519. The van der Waals surface area contributed by atoms with Crippen molar-refractivity contribution in [3.63, 3.8) is 0 Å². The summed E-state index contributed by atoms with van der Waals surface area (Å²) in [5, 5.41) is 3.56. The first kappa shape index (κ1) is 24.0. The fraction of sp³-hybridized carbons (Fsp3) is 0.625. The predicted octanol–water partition coefficient (Wildman–Crippen LogP) is 3.16. The minimum Gasteiger partial charge on any atom is -0.468 e. The van der Waals surface area contributed by atoms with Crippen LogP contribution in [0.2, 0.25) is 5.02 Å². The first-order chi connectivity index (χ1) is 15.9. The maximum Gasteiger partial charge on any atom is 0.327 e. The molecule has 9 heteroatoms. The van der Waals surface area contributed by atoms with Crippen molar-refractivity contribution in [1.82, 2.24) is 20.0 Å². The summed E-state index contributed by atoms with van der Waals surface area (Å²) in [6, 6.07) is 6.44. The molecule has 2 saturated heterocycles. The van der Waals surface area contributed by atoms with Gasteiger partial charge in [-0.15, -0.1) is 0 Å². The Balaban J connectivity index is 1.39. The van der Waals surface area contributed by atoms with Crippen LogP contribution in [-0.2, 0) is 14.3 Å². The zero-order chi connectivity index (χ0) is 23.4. The van der Waals surface area contributed by atoms with Crippen molar-refractivity contribution < 1.29 is 19.1 Å². The van der Waals surface area contributed by atoms with Crippen LogP contribution >= 0.6 is 11.6 Å². The summed E-state index contributed by atoms with van der Waals surface area (Å²) in [4.78, 5) is 44.1. The van der Waals surface area contributed by atoms with Gasteiger partial charge in [0.2, 0.25) is 0 Å². The molecule has 3 fully saturated rings. The van der Waals surface area contributed by atoms with E-state index in [4.69, 9.17) is 16.3 Å². The van der Waals surface area contributed by atoms with E-state index in [9.17, 15) is 14.4 Å². The maximum absolute atomic E-state index is 13.3. The summed E-state index contributed by atoms with van der Waals surface area (Å²) in [6.45, 7) is 2.72. The van der Waals surface area contributed by atoms with Crippen molar-refractivity contribution in [2.75, 3.05) is 40.0 Å². The van der Waals surface area contributed by atoms with E-state index in [-0.39, 0.29) is 24.6 Å². The van der Waals surface area contributed by atoms with E-state index in [0.717, 1.165) is 44.1 Å². The zero-order valence-electron chi connectivity index (χ0n) is 19.2. The van der Waals surface area contributed by atoms with Crippen molar-refractivity contribution in [2.24, 2.45) is 0 Å². The largest absolute Gasteiger partial charge is 0.468 e. The van der Waals surface area contributed by atoms with Gasteiger partial charge in [-0.2, -0.15) is 0 Å². The van der Waals surface area contributed by atoms with Gasteiger partial charge < -0.3 is 10.1 Å². The number of methoxy groups -OCH3 is 1.